The van der Waals surface area contributed by atoms with Gasteiger partial charge in [-0.25, -0.2) is 4.57 Å². The normalized spacial score (nSPS) is 12.2. The second-order valence-corrected chi connectivity index (χ2v) is 12.2. The van der Waals surface area contributed by atoms with E-state index in [1.54, 1.807) is 6.92 Å². The van der Waals surface area contributed by atoms with Gasteiger partial charge in [-0.05, 0) is 19.3 Å². The van der Waals surface area contributed by atoms with E-state index in [-0.39, 0.29) is 25.4 Å². The number of unbranched alkanes of at least 4 members (excludes halogenated alkanes) is 17. The van der Waals surface area contributed by atoms with Gasteiger partial charge in [-0.2, -0.15) is 0 Å². The quantitative estimate of drug-likeness (QED) is 0.0469. The molecule has 0 aliphatic carbocycles. The minimum atomic E-state index is -4.74. The smallest absolute Gasteiger partial charge is 0.462 e. The van der Waals surface area contributed by atoms with E-state index >= 15 is 0 Å². The molecular formula is C30H58NO9P. The molecule has 11 heteroatoms. The summed E-state index contributed by atoms with van der Waals surface area (Å²) in [5.74, 6) is -0.874. The second-order valence-electron chi connectivity index (χ2n) is 10.9. The van der Waals surface area contributed by atoms with Gasteiger partial charge in [0.05, 0.1) is 6.61 Å². The zero-order valence-corrected chi connectivity index (χ0v) is 26.6. The van der Waals surface area contributed by atoms with Crippen molar-refractivity contribution >= 4 is 25.7 Å². The number of phosphoric acid groups is 1. The average Bonchev–Trinajstić information content (AvgIpc) is 2.91. The van der Waals surface area contributed by atoms with Crippen LogP contribution < -0.4 is 5.32 Å². The molecule has 0 spiro atoms. The topological polar surface area (TPSA) is 148 Å². The number of rotatable bonds is 29. The zero-order chi connectivity index (χ0) is 30.6. The number of carbonyl (C=O) groups excluding carboxylic acids is 3. The van der Waals surface area contributed by atoms with Crippen LogP contribution in [-0.4, -0.2) is 53.5 Å². The molecule has 0 bridgehead atoms. The van der Waals surface area contributed by atoms with Crippen LogP contribution in [0.1, 0.15) is 149 Å². The molecule has 0 aliphatic heterocycles. The third-order valence-electron chi connectivity index (χ3n) is 6.82. The molecule has 242 valence electrons. The van der Waals surface area contributed by atoms with Crippen LogP contribution in [0.15, 0.2) is 0 Å². The lowest BCUT2D eigenvalue weighted by atomic mass is 10.0. The molecule has 1 atom stereocenters. The van der Waals surface area contributed by atoms with Gasteiger partial charge in [0, 0.05) is 26.3 Å². The average molecular weight is 608 g/mol. The summed E-state index contributed by atoms with van der Waals surface area (Å²) in [5.41, 5.74) is 0. The van der Waals surface area contributed by atoms with Crippen molar-refractivity contribution in [2.45, 2.75) is 155 Å². The lowest BCUT2D eigenvalue weighted by Gasteiger charge is -2.18. The monoisotopic (exact) mass is 607 g/mol. The van der Waals surface area contributed by atoms with Gasteiger partial charge in [0.25, 0.3) is 0 Å². The summed E-state index contributed by atoms with van der Waals surface area (Å²) in [4.78, 5) is 53.0. The molecule has 0 aromatic heterocycles. The Kier molecular flexibility index (Phi) is 26.4. The molecule has 0 aliphatic rings. The van der Waals surface area contributed by atoms with Gasteiger partial charge in [0.2, 0.25) is 5.91 Å². The summed E-state index contributed by atoms with van der Waals surface area (Å²) in [7, 11) is -4.74. The van der Waals surface area contributed by atoms with Crippen molar-refractivity contribution in [1.29, 1.82) is 0 Å². The van der Waals surface area contributed by atoms with Crippen LogP contribution in [0.3, 0.4) is 0 Å². The maximum Gasteiger partial charge on any atom is 0.469 e. The Hall–Kier alpha value is -1.48. The number of hydrogen-bond acceptors (Lipinski definition) is 7. The van der Waals surface area contributed by atoms with E-state index in [1.165, 1.54) is 57.8 Å². The lowest BCUT2D eigenvalue weighted by molar-refractivity contribution is -0.161. The molecule has 3 N–H and O–H groups in total. The Morgan fingerprint density at radius 3 is 1.56 bits per heavy atom. The van der Waals surface area contributed by atoms with Gasteiger partial charge in [-0.15, -0.1) is 0 Å². The van der Waals surface area contributed by atoms with Gasteiger partial charge >= 0.3 is 19.8 Å². The van der Waals surface area contributed by atoms with Crippen LogP contribution in [0.25, 0.3) is 0 Å². The number of nitrogens with one attached hydrogen (secondary N) is 1. The fourth-order valence-electron chi connectivity index (χ4n) is 4.45. The molecular weight excluding hydrogens is 549 g/mol. The first-order valence-corrected chi connectivity index (χ1v) is 17.5. The van der Waals surface area contributed by atoms with Crippen molar-refractivity contribution in [2.75, 3.05) is 19.8 Å². The minimum absolute atomic E-state index is 0.0435. The molecule has 1 amide bonds. The van der Waals surface area contributed by atoms with Gasteiger partial charge in [-0.1, -0.05) is 110 Å². The first kappa shape index (κ1) is 39.5. The predicted octanol–water partition coefficient (Wildman–Crippen LogP) is 6.90. The summed E-state index contributed by atoms with van der Waals surface area (Å²) in [5, 5.41) is 2.83. The third kappa shape index (κ3) is 31.3. The maximum absolute atomic E-state index is 12.1. The highest BCUT2D eigenvalue weighted by Crippen LogP contribution is 2.35. The van der Waals surface area contributed by atoms with Gasteiger partial charge in [0.1, 0.15) is 6.61 Å². The molecule has 0 radical (unpaired) electrons. The van der Waals surface area contributed by atoms with E-state index in [4.69, 9.17) is 19.3 Å². The van der Waals surface area contributed by atoms with E-state index in [1.807, 2.05) is 0 Å². The molecule has 0 fully saturated rings. The van der Waals surface area contributed by atoms with E-state index in [9.17, 15) is 18.9 Å². The Morgan fingerprint density at radius 1 is 0.659 bits per heavy atom. The Balaban J connectivity index is 3.85. The fraction of sp³-hybridized carbons (Fsp3) is 0.900. The Labute approximate surface area is 248 Å². The second kappa shape index (κ2) is 27.4. The van der Waals surface area contributed by atoms with Crippen LogP contribution in [-0.2, 0) is 32.9 Å². The summed E-state index contributed by atoms with van der Waals surface area (Å²) in [6.45, 7) is 3.63. The van der Waals surface area contributed by atoms with Crippen LogP contribution in [0.2, 0.25) is 0 Å². The number of phosphoric ester groups is 1. The zero-order valence-electron chi connectivity index (χ0n) is 25.7. The van der Waals surface area contributed by atoms with E-state index < -0.39 is 32.5 Å². The Morgan fingerprint density at radius 2 is 1.10 bits per heavy atom. The first-order valence-electron chi connectivity index (χ1n) is 15.9. The van der Waals surface area contributed by atoms with Gasteiger partial charge in [0.15, 0.2) is 6.10 Å². The van der Waals surface area contributed by atoms with Crippen LogP contribution >= 0.6 is 7.82 Å². The van der Waals surface area contributed by atoms with Crippen LogP contribution in [0.5, 0.6) is 0 Å². The minimum Gasteiger partial charge on any atom is -0.462 e. The standard InChI is InChI=1S/C30H58NO9P/c1-3-4-5-6-16-20-23-30(34)40-28(26-39-41(35,36)37)25-38-29(33)22-19-17-14-12-10-8-7-9-11-13-15-18-21-24-31-27(2)32/h28H,3-26H2,1-2H3,(H,31,32)(H2,35,36,37)/t28-/m1/s1. The summed E-state index contributed by atoms with van der Waals surface area (Å²) in [6, 6.07) is 0. The van der Waals surface area contributed by atoms with Crippen molar-refractivity contribution in [2.24, 2.45) is 0 Å². The molecule has 0 rings (SSSR count). The highest BCUT2D eigenvalue weighted by molar-refractivity contribution is 7.46. The van der Waals surface area contributed by atoms with E-state index in [2.05, 4.69) is 16.8 Å². The summed E-state index contributed by atoms with van der Waals surface area (Å²) in [6.07, 6.45) is 20.3. The van der Waals surface area contributed by atoms with Crippen LogP contribution in [0, 0.1) is 0 Å². The predicted molar refractivity (Wildman–Crippen MR) is 160 cm³/mol. The van der Waals surface area contributed by atoms with Crippen molar-refractivity contribution in [3.05, 3.63) is 0 Å². The first-order chi connectivity index (χ1) is 19.6. The molecule has 0 aromatic rings. The largest absolute Gasteiger partial charge is 0.469 e. The number of hydrogen-bond donors (Lipinski definition) is 3. The summed E-state index contributed by atoms with van der Waals surface area (Å²) >= 11 is 0. The highest BCUT2D eigenvalue weighted by Gasteiger charge is 2.22. The van der Waals surface area contributed by atoms with Crippen LogP contribution in [0.4, 0.5) is 0 Å². The Bertz CT molecular complexity index is 714. The van der Waals surface area contributed by atoms with Crippen molar-refractivity contribution in [3.8, 4) is 0 Å². The lowest BCUT2D eigenvalue weighted by Crippen LogP contribution is -2.29. The molecule has 0 saturated carbocycles. The van der Waals surface area contributed by atoms with Crippen molar-refractivity contribution in [1.82, 2.24) is 5.32 Å². The number of esters is 2. The highest BCUT2D eigenvalue weighted by atomic mass is 31.2. The summed E-state index contributed by atoms with van der Waals surface area (Å²) < 4.78 is 26.0. The fourth-order valence-corrected chi connectivity index (χ4v) is 4.81. The maximum atomic E-state index is 12.1. The molecule has 0 aromatic carbocycles. The van der Waals surface area contributed by atoms with Crippen molar-refractivity contribution in [3.63, 3.8) is 0 Å². The number of ether oxygens (including phenoxy) is 2. The molecule has 0 saturated heterocycles. The molecule has 10 nitrogen and oxygen atoms in total. The molecule has 41 heavy (non-hydrogen) atoms. The molecule has 0 heterocycles. The van der Waals surface area contributed by atoms with Gasteiger partial charge < -0.3 is 24.6 Å². The van der Waals surface area contributed by atoms with Gasteiger partial charge in [-0.3, -0.25) is 18.9 Å². The number of carbonyl (C=O) groups is 3. The number of amides is 1. The molecule has 0 unspecified atom stereocenters. The van der Waals surface area contributed by atoms with E-state index in [0.29, 0.717) is 12.8 Å². The van der Waals surface area contributed by atoms with Crippen molar-refractivity contribution < 1.29 is 42.7 Å². The van der Waals surface area contributed by atoms with E-state index in [0.717, 1.165) is 57.9 Å². The third-order valence-corrected chi connectivity index (χ3v) is 7.31. The SMILES string of the molecule is CCCCCCCCC(=O)O[C@H](COC(=O)CCCCCCCCCCCCCCCNC(C)=O)COP(=O)(O)O.